The van der Waals surface area contributed by atoms with Gasteiger partial charge in [0, 0.05) is 13.1 Å². The second-order valence-electron chi connectivity index (χ2n) is 6.66. The molecule has 7 nitrogen and oxygen atoms in total. The number of hydrogen-bond acceptors (Lipinski definition) is 5. The Morgan fingerprint density at radius 2 is 1.88 bits per heavy atom. The number of thiophene rings is 1. The largest absolute Gasteiger partial charge is 0.480 e. The first-order valence-corrected chi connectivity index (χ1v) is 9.53. The van der Waals surface area contributed by atoms with Crippen LogP contribution >= 0.6 is 11.3 Å². The number of rotatable bonds is 5. The smallest absolute Gasteiger partial charge is 0.326 e. The summed E-state index contributed by atoms with van der Waals surface area (Å²) < 4.78 is 0. The summed E-state index contributed by atoms with van der Waals surface area (Å²) in [7, 11) is 0. The Hall–Kier alpha value is -1.93. The molecule has 2 amide bonds. The first-order chi connectivity index (χ1) is 12.0. The Bertz CT molecular complexity index is 648. The fraction of sp³-hybridized carbons (Fsp3) is 0.588. The molecule has 0 bridgehead atoms. The highest BCUT2D eigenvalue weighted by atomic mass is 32.1. The van der Waals surface area contributed by atoms with Gasteiger partial charge in [-0.05, 0) is 54.5 Å². The number of carbonyl (C=O) groups excluding carboxylic acids is 2. The lowest BCUT2D eigenvalue weighted by molar-refractivity contribution is -0.152. The Kier molecular flexibility index (Phi) is 5.39. The van der Waals surface area contributed by atoms with Crippen molar-refractivity contribution in [3.05, 3.63) is 22.4 Å². The summed E-state index contributed by atoms with van der Waals surface area (Å²) in [6.45, 7) is 0.938. The average molecular weight is 365 g/mol. The van der Waals surface area contributed by atoms with Crippen LogP contribution in [-0.4, -0.2) is 63.9 Å². The van der Waals surface area contributed by atoms with Crippen LogP contribution in [0.2, 0.25) is 0 Å². The molecule has 136 valence electrons. The first kappa shape index (κ1) is 17.9. The lowest BCUT2D eigenvalue weighted by atomic mass is 10.1. The SMILES string of the molecule is N[C@@H](Cc1ccsc1)C(=O)N1CCC[C@H]1C(=O)N1CCC[C@H]1C(=O)O. The Labute approximate surface area is 150 Å². The number of nitrogens with zero attached hydrogens (tertiary/aromatic N) is 2. The molecule has 25 heavy (non-hydrogen) atoms. The summed E-state index contributed by atoms with van der Waals surface area (Å²) in [5, 5.41) is 13.2. The van der Waals surface area contributed by atoms with Crippen LogP contribution in [0.5, 0.6) is 0 Å². The van der Waals surface area contributed by atoms with E-state index in [0.717, 1.165) is 12.0 Å². The van der Waals surface area contributed by atoms with Crippen molar-refractivity contribution in [1.29, 1.82) is 0 Å². The molecule has 0 spiro atoms. The monoisotopic (exact) mass is 365 g/mol. The van der Waals surface area contributed by atoms with E-state index in [2.05, 4.69) is 0 Å². The number of likely N-dealkylation sites (tertiary alicyclic amines) is 2. The van der Waals surface area contributed by atoms with Crippen LogP contribution in [0, 0.1) is 0 Å². The zero-order chi connectivity index (χ0) is 18.0. The third-order valence-electron chi connectivity index (χ3n) is 4.99. The maximum atomic E-state index is 12.8. The minimum atomic E-state index is -0.976. The van der Waals surface area contributed by atoms with Crippen LogP contribution in [-0.2, 0) is 20.8 Å². The molecule has 1 aromatic rings. The predicted molar refractivity (Wildman–Crippen MR) is 93.1 cm³/mol. The van der Waals surface area contributed by atoms with Crippen LogP contribution in [0.25, 0.3) is 0 Å². The van der Waals surface area contributed by atoms with Crippen LogP contribution < -0.4 is 5.73 Å². The second-order valence-corrected chi connectivity index (χ2v) is 7.44. The predicted octanol–water partition coefficient (Wildman–Crippen LogP) is 0.684. The summed E-state index contributed by atoms with van der Waals surface area (Å²) in [6, 6.07) is -0.103. The van der Waals surface area contributed by atoms with Gasteiger partial charge in [-0.2, -0.15) is 11.3 Å². The van der Waals surface area contributed by atoms with Crippen LogP contribution in [0.1, 0.15) is 31.2 Å². The number of carbonyl (C=O) groups is 3. The number of hydrogen-bond donors (Lipinski definition) is 2. The molecular formula is C17H23N3O4S. The van der Waals surface area contributed by atoms with E-state index in [1.54, 1.807) is 16.2 Å². The highest BCUT2D eigenvalue weighted by Crippen LogP contribution is 2.25. The zero-order valence-electron chi connectivity index (χ0n) is 14.0. The van der Waals surface area contributed by atoms with E-state index in [-0.39, 0.29) is 11.8 Å². The molecule has 3 atom stereocenters. The fourth-order valence-corrected chi connectivity index (χ4v) is 4.41. The zero-order valence-corrected chi connectivity index (χ0v) is 14.8. The van der Waals surface area contributed by atoms with Gasteiger partial charge in [-0.25, -0.2) is 4.79 Å². The summed E-state index contributed by atoms with van der Waals surface area (Å²) in [6.07, 6.45) is 2.90. The third kappa shape index (κ3) is 3.69. The summed E-state index contributed by atoms with van der Waals surface area (Å²) >= 11 is 1.55. The maximum absolute atomic E-state index is 12.8. The molecule has 0 radical (unpaired) electrons. The van der Waals surface area contributed by atoms with Gasteiger partial charge in [-0.15, -0.1) is 0 Å². The number of amides is 2. The first-order valence-electron chi connectivity index (χ1n) is 8.59. The van der Waals surface area contributed by atoms with Gasteiger partial charge in [0.25, 0.3) is 0 Å². The Morgan fingerprint density at radius 3 is 2.52 bits per heavy atom. The van der Waals surface area contributed by atoms with E-state index in [9.17, 15) is 19.5 Å². The van der Waals surface area contributed by atoms with Crippen molar-refractivity contribution in [3.63, 3.8) is 0 Å². The van der Waals surface area contributed by atoms with Crippen molar-refractivity contribution in [2.24, 2.45) is 5.73 Å². The molecule has 2 aliphatic rings. The van der Waals surface area contributed by atoms with E-state index in [1.165, 1.54) is 4.90 Å². The minimum absolute atomic E-state index is 0.229. The van der Waals surface area contributed by atoms with Crippen molar-refractivity contribution in [3.8, 4) is 0 Å². The average Bonchev–Trinajstić information content (AvgIpc) is 3.32. The van der Waals surface area contributed by atoms with Crippen molar-refractivity contribution < 1.29 is 19.5 Å². The fourth-order valence-electron chi connectivity index (χ4n) is 3.73. The van der Waals surface area contributed by atoms with E-state index in [4.69, 9.17) is 5.73 Å². The third-order valence-corrected chi connectivity index (χ3v) is 5.73. The molecule has 3 heterocycles. The minimum Gasteiger partial charge on any atom is -0.480 e. The van der Waals surface area contributed by atoms with E-state index in [1.807, 2.05) is 16.8 Å². The van der Waals surface area contributed by atoms with Gasteiger partial charge >= 0.3 is 5.97 Å². The molecule has 3 N–H and O–H groups in total. The van der Waals surface area contributed by atoms with Gasteiger partial charge in [0.1, 0.15) is 12.1 Å². The number of carboxylic acids is 1. The van der Waals surface area contributed by atoms with E-state index >= 15 is 0 Å². The van der Waals surface area contributed by atoms with Crippen LogP contribution in [0.3, 0.4) is 0 Å². The topological polar surface area (TPSA) is 104 Å². The molecule has 0 saturated carbocycles. The molecule has 3 rings (SSSR count). The summed E-state index contributed by atoms with van der Waals surface area (Å²) in [4.78, 5) is 39.9. The second kappa shape index (κ2) is 7.53. The molecule has 0 unspecified atom stereocenters. The van der Waals surface area contributed by atoms with Gasteiger partial charge < -0.3 is 20.6 Å². The van der Waals surface area contributed by atoms with Crippen molar-refractivity contribution in [1.82, 2.24) is 9.80 Å². The van der Waals surface area contributed by atoms with Gasteiger partial charge in [0.05, 0.1) is 6.04 Å². The maximum Gasteiger partial charge on any atom is 0.326 e. The molecule has 2 saturated heterocycles. The number of nitrogens with two attached hydrogens (primary N) is 1. The molecule has 2 aliphatic heterocycles. The highest BCUT2D eigenvalue weighted by Gasteiger charge is 2.42. The molecule has 1 aromatic heterocycles. The van der Waals surface area contributed by atoms with Gasteiger partial charge in [0.15, 0.2) is 0 Å². The van der Waals surface area contributed by atoms with Crippen molar-refractivity contribution >= 4 is 29.1 Å². The normalized spacial score (nSPS) is 24.5. The van der Waals surface area contributed by atoms with Crippen molar-refractivity contribution in [2.45, 2.75) is 50.2 Å². The van der Waals surface area contributed by atoms with Gasteiger partial charge in [-0.3, -0.25) is 9.59 Å². The Morgan fingerprint density at radius 1 is 1.20 bits per heavy atom. The van der Waals surface area contributed by atoms with E-state index in [0.29, 0.717) is 38.8 Å². The quantitative estimate of drug-likeness (QED) is 0.799. The molecule has 2 fully saturated rings. The molecule has 0 aliphatic carbocycles. The summed E-state index contributed by atoms with van der Waals surface area (Å²) in [5.41, 5.74) is 7.09. The van der Waals surface area contributed by atoms with Crippen LogP contribution in [0.15, 0.2) is 16.8 Å². The van der Waals surface area contributed by atoms with E-state index < -0.39 is 24.1 Å². The van der Waals surface area contributed by atoms with Crippen molar-refractivity contribution in [2.75, 3.05) is 13.1 Å². The van der Waals surface area contributed by atoms with Crippen LogP contribution in [0.4, 0.5) is 0 Å². The lowest BCUT2D eigenvalue weighted by Crippen LogP contribution is -2.54. The molecular weight excluding hydrogens is 342 g/mol. The highest BCUT2D eigenvalue weighted by molar-refractivity contribution is 7.07. The number of aliphatic carboxylic acids is 1. The van der Waals surface area contributed by atoms with Gasteiger partial charge in [0.2, 0.25) is 11.8 Å². The standard InChI is InChI=1S/C17H23N3O4S/c18-12(9-11-5-8-25-10-11)15(21)19-6-1-3-13(19)16(22)20-7-2-4-14(20)17(23)24/h5,8,10,12-14H,1-4,6-7,9,18H2,(H,23,24)/t12-,13-,14-/m0/s1. The lowest BCUT2D eigenvalue weighted by Gasteiger charge is -2.31. The van der Waals surface area contributed by atoms with Gasteiger partial charge in [-0.1, -0.05) is 0 Å². The molecule has 8 heteroatoms. The molecule has 0 aromatic carbocycles. The Balaban J connectivity index is 1.68. The summed E-state index contributed by atoms with van der Waals surface area (Å²) in [5.74, 6) is -1.46. The number of carboxylic acid groups (broad SMARTS) is 1.